The molecule has 0 aliphatic heterocycles. The molecule has 0 amide bonds. The molecule has 2 N–H and O–H groups in total. The number of sulfonamides is 1. The molecule has 0 saturated heterocycles. The van der Waals surface area contributed by atoms with Crippen molar-refractivity contribution in [1.82, 2.24) is 4.72 Å². The number of aliphatic hydroxyl groups excluding tert-OH is 1. The first-order chi connectivity index (χ1) is 8.43. The lowest BCUT2D eigenvalue weighted by Crippen LogP contribution is -2.28. The molecule has 102 valence electrons. The van der Waals surface area contributed by atoms with E-state index in [1.807, 2.05) is 6.92 Å². The minimum Gasteiger partial charge on any atom is -0.393 e. The van der Waals surface area contributed by atoms with Crippen molar-refractivity contribution in [2.45, 2.75) is 31.6 Å². The number of aliphatic hydroxyl groups is 1. The highest BCUT2D eigenvalue weighted by Crippen LogP contribution is 2.07. The van der Waals surface area contributed by atoms with Crippen molar-refractivity contribution < 1.29 is 17.9 Å². The summed E-state index contributed by atoms with van der Waals surface area (Å²) in [6, 6.07) is 5.49. The zero-order valence-corrected chi connectivity index (χ0v) is 11.1. The summed E-state index contributed by atoms with van der Waals surface area (Å²) in [6.45, 7) is 2.01. The minimum absolute atomic E-state index is 0.187. The van der Waals surface area contributed by atoms with Crippen LogP contribution in [0.15, 0.2) is 24.3 Å². The summed E-state index contributed by atoms with van der Waals surface area (Å²) in [5.74, 6) is -0.711. The molecule has 6 heteroatoms. The van der Waals surface area contributed by atoms with Crippen LogP contribution in [-0.2, 0) is 15.8 Å². The second-order valence-corrected chi connectivity index (χ2v) is 5.94. The predicted molar refractivity (Wildman–Crippen MR) is 67.9 cm³/mol. The van der Waals surface area contributed by atoms with E-state index in [1.54, 1.807) is 6.07 Å². The molecule has 0 spiro atoms. The fraction of sp³-hybridized carbons (Fsp3) is 0.500. The van der Waals surface area contributed by atoms with Crippen molar-refractivity contribution >= 4 is 10.0 Å². The standard InChI is InChI=1S/C12H18FNO3S/c1-2-12(15)6-7-14-18(16,17)9-10-4-3-5-11(13)8-10/h3-5,8,12,14-15H,2,6-7,9H2,1H3. The SMILES string of the molecule is CCC(O)CCNS(=O)(=O)Cc1cccc(F)c1. The van der Waals surface area contributed by atoms with E-state index in [0.717, 1.165) is 0 Å². The lowest BCUT2D eigenvalue weighted by Gasteiger charge is -2.09. The second kappa shape index (κ2) is 6.82. The van der Waals surface area contributed by atoms with Crippen LogP contribution in [-0.4, -0.2) is 26.2 Å². The van der Waals surface area contributed by atoms with Crippen LogP contribution in [0.1, 0.15) is 25.3 Å². The predicted octanol–water partition coefficient (Wildman–Crippen LogP) is 1.41. The Morgan fingerprint density at radius 1 is 1.44 bits per heavy atom. The molecule has 0 radical (unpaired) electrons. The van der Waals surface area contributed by atoms with Crippen molar-refractivity contribution in [3.05, 3.63) is 35.6 Å². The van der Waals surface area contributed by atoms with Gasteiger partial charge < -0.3 is 5.11 Å². The lowest BCUT2D eigenvalue weighted by molar-refractivity contribution is 0.162. The Morgan fingerprint density at radius 3 is 2.78 bits per heavy atom. The summed E-state index contributed by atoms with van der Waals surface area (Å²) in [5, 5.41) is 9.30. The lowest BCUT2D eigenvalue weighted by atomic mass is 10.2. The first kappa shape index (κ1) is 15.1. The monoisotopic (exact) mass is 275 g/mol. The van der Waals surface area contributed by atoms with E-state index >= 15 is 0 Å². The van der Waals surface area contributed by atoms with Crippen LogP contribution >= 0.6 is 0 Å². The van der Waals surface area contributed by atoms with Crippen molar-refractivity contribution in [2.75, 3.05) is 6.54 Å². The number of benzene rings is 1. The van der Waals surface area contributed by atoms with Crippen LogP contribution in [0, 0.1) is 5.82 Å². The Balaban J connectivity index is 2.50. The highest BCUT2D eigenvalue weighted by atomic mass is 32.2. The molecule has 1 aromatic rings. The summed E-state index contributed by atoms with van der Waals surface area (Å²) >= 11 is 0. The molecule has 0 heterocycles. The van der Waals surface area contributed by atoms with Crippen LogP contribution in [0.2, 0.25) is 0 Å². The maximum atomic E-state index is 12.9. The molecule has 0 bridgehead atoms. The van der Waals surface area contributed by atoms with E-state index in [-0.39, 0.29) is 12.3 Å². The molecule has 0 aromatic heterocycles. The molecule has 1 rings (SSSR count). The van der Waals surface area contributed by atoms with E-state index in [9.17, 15) is 17.9 Å². The highest BCUT2D eigenvalue weighted by Gasteiger charge is 2.12. The number of hydrogen-bond acceptors (Lipinski definition) is 3. The van der Waals surface area contributed by atoms with Gasteiger partial charge in [-0.25, -0.2) is 17.5 Å². The van der Waals surface area contributed by atoms with Gasteiger partial charge in [0.25, 0.3) is 0 Å². The van der Waals surface area contributed by atoms with Crippen LogP contribution in [0.25, 0.3) is 0 Å². The van der Waals surface area contributed by atoms with Gasteiger partial charge in [-0.3, -0.25) is 0 Å². The van der Waals surface area contributed by atoms with Gasteiger partial charge in [0.2, 0.25) is 10.0 Å². The fourth-order valence-electron chi connectivity index (χ4n) is 1.48. The average molecular weight is 275 g/mol. The molecule has 0 saturated carbocycles. The van der Waals surface area contributed by atoms with Gasteiger partial charge in [0.05, 0.1) is 11.9 Å². The summed E-state index contributed by atoms with van der Waals surface area (Å²) in [4.78, 5) is 0. The normalized spacial score (nSPS) is 13.5. The third-order valence-electron chi connectivity index (χ3n) is 2.52. The Hall–Kier alpha value is -0.980. The van der Waals surface area contributed by atoms with E-state index in [4.69, 9.17) is 0 Å². The molecule has 1 atom stereocenters. The summed E-state index contributed by atoms with van der Waals surface area (Å²) in [7, 11) is -3.48. The minimum atomic E-state index is -3.48. The third-order valence-corrected chi connectivity index (χ3v) is 3.87. The van der Waals surface area contributed by atoms with Crippen molar-refractivity contribution in [3.8, 4) is 0 Å². The summed E-state index contributed by atoms with van der Waals surface area (Å²) in [6.07, 6.45) is 0.465. The zero-order valence-electron chi connectivity index (χ0n) is 10.3. The quantitative estimate of drug-likeness (QED) is 0.790. The van der Waals surface area contributed by atoms with Gasteiger partial charge in [0.1, 0.15) is 5.82 Å². The van der Waals surface area contributed by atoms with Crippen molar-refractivity contribution in [3.63, 3.8) is 0 Å². The highest BCUT2D eigenvalue weighted by molar-refractivity contribution is 7.88. The molecule has 4 nitrogen and oxygen atoms in total. The molecule has 1 aromatic carbocycles. The molecule has 0 fully saturated rings. The Bertz CT molecular complexity index is 476. The number of hydrogen-bond donors (Lipinski definition) is 2. The number of rotatable bonds is 7. The summed E-state index contributed by atoms with van der Waals surface area (Å²) in [5.41, 5.74) is 0.401. The second-order valence-electron chi connectivity index (χ2n) is 4.13. The van der Waals surface area contributed by atoms with Gasteiger partial charge >= 0.3 is 0 Å². The molecular formula is C12H18FNO3S. The maximum Gasteiger partial charge on any atom is 0.215 e. The van der Waals surface area contributed by atoms with Crippen LogP contribution in [0.3, 0.4) is 0 Å². The first-order valence-corrected chi connectivity index (χ1v) is 7.48. The van der Waals surface area contributed by atoms with E-state index in [2.05, 4.69) is 4.72 Å². The van der Waals surface area contributed by atoms with E-state index in [1.165, 1.54) is 18.2 Å². The third kappa shape index (κ3) is 5.57. The van der Waals surface area contributed by atoms with E-state index < -0.39 is 21.9 Å². The smallest absolute Gasteiger partial charge is 0.215 e. The largest absolute Gasteiger partial charge is 0.393 e. The molecule has 18 heavy (non-hydrogen) atoms. The summed E-state index contributed by atoms with van der Waals surface area (Å²) < 4.78 is 38.6. The molecule has 0 aliphatic carbocycles. The molecule has 1 unspecified atom stereocenters. The van der Waals surface area contributed by atoms with Gasteiger partial charge in [-0.1, -0.05) is 19.1 Å². The van der Waals surface area contributed by atoms with Gasteiger partial charge in [0.15, 0.2) is 0 Å². The topological polar surface area (TPSA) is 66.4 Å². The van der Waals surface area contributed by atoms with E-state index in [0.29, 0.717) is 18.4 Å². The Labute approximate surface area is 107 Å². The van der Waals surface area contributed by atoms with Crippen LogP contribution in [0.5, 0.6) is 0 Å². The fourth-order valence-corrected chi connectivity index (χ4v) is 2.63. The average Bonchev–Trinajstić information content (AvgIpc) is 2.27. The van der Waals surface area contributed by atoms with Gasteiger partial charge in [-0.2, -0.15) is 0 Å². The number of halogens is 1. The maximum absolute atomic E-state index is 12.9. The van der Waals surface area contributed by atoms with Crippen LogP contribution in [0.4, 0.5) is 4.39 Å². The molecule has 0 aliphatic rings. The Kier molecular flexibility index (Phi) is 5.71. The molecular weight excluding hydrogens is 257 g/mol. The van der Waals surface area contributed by atoms with Crippen molar-refractivity contribution in [2.24, 2.45) is 0 Å². The van der Waals surface area contributed by atoms with Crippen molar-refractivity contribution in [1.29, 1.82) is 0 Å². The zero-order chi connectivity index (χ0) is 13.6. The first-order valence-electron chi connectivity index (χ1n) is 5.83. The van der Waals surface area contributed by atoms with Crippen LogP contribution < -0.4 is 4.72 Å². The number of nitrogens with one attached hydrogen (secondary N) is 1. The van der Waals surface area contributed by atoms with Gasteiger partial charge in [0, 0.05) is 6.54 Å². The Morgan fingerprint density at radius 2 is 2.17 bits per heavy atom. The van der Waals surface area contributed by atoms with Gasteiger partial charge in [-0.15, -0.1) is 0 Å². The van der Waals surface area contributed by atoms with Gasteiger partial charge in [-0.05, 0) is 30.5 Å².